The van der Waals surface area contributed by atoms with Crippen molar-refractivity contribution in [3.8, 4) is 0 Å². The maximum atomic E-state index is 4.76. The molecule has 0 radical (unpaired) electrons. The van der Waals surface area contributed by atoms with Gasteiger partial charge in [-0.15, -0.1) is 11.8 Å². The molecule has 0 aliphatic carbocycles. The van der Waals surface area contributed by atoms with E-state index in [9.17, 15) is 0 Å². The minimum atomic E-state index is 0.404. The fourth-order valence-electron chi connectivity index (χ4n) is 3.25. The summed E-state index contributed by atoms with van der Waals surface area (Å²) in [5.74, 6) is 2.04. The first-order chi connectivity index (χ1) is 11.2. The molecule has 3 rings (SSSR count). The average Bonchev–Trinajstić information content (AvgIpc) is 3.01. The SMILES string of the molecule is C=C(CC)C1=C(CN2CCCCC2)NC(C2=NC(C)CS2)=NC1. The number of aliphatic imine (C=N–C) groups is 2. The molecule has 1 unspecified atom stereocenters. The molecule has 4 nitrogen and oxygen atoms in total. The summed E-state index contributed by atoms with van der Waals surface area (Å²) in [6.45, 7) is 12.7. The van der Waals surface area contributed by atoms with Gasteiger partial charge in [0.1, 0.15) is 5.04 Å². The first-order valence-electron chi connectivity index (χ1n) is 8.82. The number of rotatable bonds is 5. The zero-order chi connectivity index (χ0) is 16.2. The molecule has 126 valence electrons. The summed E-state index contributed by atoms with van der Waals surface area (Å²) >= 11 is 1.82. The van der Waals surface area contributed by atoms with Crippen LogP contribution in [0, 0.1) is 0 Å². The Labute approximate surface area is 144 Å². The highest BCUT2D eigenvalue weighted by Crippen LogP contribution is 2.24. The monoisotopic (exact) mass is 332 g/mol. The first-order valence-corrected chi connectivity index (χ1v) is 9.81. The maximum Gasteiger partial charge on any atom is 0.158 e. The zero-order valence-electron chi connectivity index (χ0n) is 14.4. The predicted molar refractivity (Wildman–Crippen MR) is 102 cm³/mol. The number of hydrogen-bond acceptors (Lipinski definition) is 5. The highest BCUT2D eigenvalue weighted by atomic mass is 32.2. The van der Waals surface area contributed by atoms with E-state index < -0.39 is 0 Å². The van der Waals surface area contributed by atoms with Gasteiger partial charge in [0.2, 0.25) is 0 Å². The van der Waals surface area contributed by atoms with E-state index in [1.807, 2.05) is 11.8 Å². The normalized spacial score (nSPS) is 25.9. The van der Waals surface area contributed by atoms with Crippen LogP contribution in [0.2, 0.25) is 0 Å². The highest BCUT2D eigenvalue weighted by molar-refractivity contribution is 8.16. The second-order valence-electron chi connectivity index (χ2n) is 6.64. The van der Waals surface area contributed by atoms with E-state index in [2.05, 4.69) is 30.6 Å². The standard InChI is InChI=1S/C18H28N4S/c1-4-13(2)15-10-19-17(18-20-14(3)12-23-18)21-16(15)11-22-8-6-5-7-9-22/h14H,2,4-12H2,1,3H3,(H,19,21). The Bertz CT molecular complexity index is 555. The molecule has 23 heavy (non-hydrogen) atoms. The minimum absolute atomic E-state index is 0.404. The highest BCUT2D eigenvalue weighted by Gasteiger charge is 2.25. The van der Waals surface area contributed by atoms with Gasteiger partial charge in [0, 0.05) is 18.0 Å². The molecule has 0 bridgehead atoms. The van der Waals surface area contributed by atoms with Crippen molar-refractivity contribution in [3.05, 3.63) is 23.4 Å². The van der Waals surface area contributed by atoms with Crippen LogP contribution >= 0.6 is 11.8 Å². The molecule has 3 heterocycles. The lowest BCUT2D eigenvalue weighted by atomic mass is 10.0. The number of likely N-dealkylation sites (tertiary alicyclic amines) is 1. The summed E-state index contributed by atoms with van der Waals surface area (Å²) in [6.07, 6.45) is 4.99. The van der Waals surface area contributed by atoms with E-state index in [1.165, 1.54) is 49.2 Å². The molecule has 1 atom stereocenters. The first kappa shape index (κ1) is 16.8. The van der Waals surface area contributed by atoms with E-state index in [4.69, 9.17) is 9.98 Å². The number of nitrogens with zero attached hydrogens (tertiary/aromatic N) is 3. The molecule has 0 aromatic carbocycles. The lowest BCUT2D eigenvalue weighted by Gasteiger charge is -2.31. The number of thioether (sulfide) groups is 1. The van der Waals surface area contributed by atoms with E-state index in [-0.39, 0.29) is 0 Å². The lowest BCUT2D eigenvalue weighted by molar-refractivity contribution is 0.244. The quantitative estimate of drug-likeness (QED) is 0.840. The number of hydrogen-bond donors (Lipinski definition) is 1. The van der Waals surface area contributed by atoms with E-state index in [0.717, 1.165) is 36.1 Å². The van der Waals surface area contributed by atoms with Gasteiger partial charge in [-0.05, 0) is 50.4 Å². The molecule has 1 N–H and O–H groups in total. The van der Waals surface area contributed by atoms with Crippen LogP contribution in [0.5, 0.6) is 0 Å². The fraction of sp³-hybridized carbons (Fsp3) is 0.667. The Hall–Kier alpha value is -1.07. The van der Waals surface area contributed by atoms with Crippen molar-refractivity contribution >= 4 is 22.6 Å². The van der Waals surface area contributed by atoms with Gasteiger partial charge in [-0.2, -0.15) is 0 Å². The van der Waals surface area contributed by atoms with Crippen molar-refractivity contribution < 1.29 is 0 Å². The second kappa shape index (κ2) is 7.67. The summed E-state index contributed by atoms with van der Waals surface area (Å²) in [7, 11) is 0. The zero-order valence-corrected chi connectivity index (χ0v) is 15.2. The smallest absolute Gasteiger partial charge is 0.158 e. The van der Waals surface area contributed by atoms with Gasteiger partial charge >= 0.3 is 0 Å². The van der Waals surface area contributed by atoms with Gasteiger partial charge in [0.05, 0.1) is 12.6 Å². The summed E-state index contributed by atoms with van der Waals surface area (Å²) in [5.41, 5.74) is 3.81. The molecule has 0 aromatic heterocycles. The number of nitrogens with one attached hydrogen (secondary N) is 1. The van der Waals surface area contributed by atoms with Crippen LogP contribution in [0.4, 0.5) is 0 Å². The number of piperidine rings is 1. The summed E-state index contributed by atoms with van der Waals surface area (Å²) in [4.78, 5) is 12.0. The van der Waals surface area contributed by atoms with Crippen molar-refractivity contribution in [2.24, 2.45) is 9.98 Å². The van der Waals surface area contributed by atoms with Crippen molar-refractivity contribution in [1.82, 2.24) is 10.2 Å². The van der Waals surface area contributed by atoms with Gasteiger partial charge in [0.25, 0.3) is 0 Å². The Kier molecular flexibility index (Phi) is 5.59. The minimum Gasteiger partial charge on any atom is -0.340 e. The molecular weight excluding hydrogens is 304 g/mol. The molecule has 3 aliphatic heterocycles. The maximum absolute atomic E-state index is 4.76. The van der Waals surface area contributed by atoms with Crippen molar-refractivity contribution in [2.45, 2.75) is 45.6 Å². The van der Waals surface area contributed by atoms with E-state index in [1.54, 1.807) is 0 Å². The van der Waals surface area contributed by atoms with Gasteiger partial charge in [-0.1, -0.05) is 19.9 Å². The van der Waals surface area contributed by atoms with Gasteiger partial charge in [-0.25, -0.2) is 0 Å². The molecule has 5 heteroatoms. The molecule has 0 amide bonds. The molecule has 1 saturated heterocycles. The lowest BCUT2D eigenvalue weighted by Crippen LogP contribution is -2.41. The van der Waals surface area contributed by atoms with Crippen molar-refractivity contribution in [1.29, 1.82) is 0 Å². The third kappa shape index (κ3) is 4.07. The van der Waals surface area contributed by atoms with Gasteiger partial charge in [0.15, 0.2) is 5.84 Å². The van der Waals surface area contributed by atoms with Crippen LogP contribution in [0.3, 0.4) is 0 Å². The van der Waals surface area contributed by atoms with Gasteiger partial charge < -0.3 is 5.32 Å². The largest absolute Gasteiger partial charge is 0.340 e. The van der Waals surface area contributed by atoms with Gasteiger partial charge in [-0.3, -0.25) is 14.9 Å². The van der Waals surface area contributed by atoms with Crippen LogP contribution in [0.15, 0.2) is 33.4 Å². The van der Waals surface area contributed by atoms with Crippen LogP contribution in [-0.4, -0.2) is 53.8 Å². The van der Waals surface area contributed by atoms with E-state index >= 15 is 0 Å². The fourth-order valence-corrected chi connectivity index (χ4v) is 4.23. The molecular formula is C18H28N4S. The molecule has 0 spiro atoms. The Balaban J connectivity index is 1.76. The van der Waals surface area contributed by atoms with Crippen molar-refractivity contribution in [3.63, 3.8) is 0 Å². The molecule has 1 fully saturated rings. The van der Waals surface area contributed by atoms with E-state index in [0.29, 0.717) is 6.04 Å². The molecule has 3 aliphatic rings. The van der Waals surface area contributed by atoms with Crippen molar-refractivity contribution in [2.75, 3.05) is 31.9 Å². The predicted octanol–water partition coefficient (Wildman–Crippen LogP) is 3.23. The van der Waals surface area contributed by atoms with Crippen LogP contribution in [-0.2, 0) is 0 Å². The third-order valence-electron chi connectivity index (χ3n) is 4.71. The Morgan fingerprint density at radius 1 is 1.35 bits per heavy atom. The summed E-state index contributed by atoms with van der Waals surface area (Å²) < 4.78 is 0. The topological polar surface area (TPSA) is 40.0 Å². The average molecular weight is 333 g/mol. The third-order valence-corrected chi connectivity index (χ3v) is 5.94. The Morgan fingerprint density at radius 3 is 2.78 bits per heavy atom. The molecule has 0 saturated carbocycles. The van der Waals surface area contributed by atoms with Crippen LogP contribution < -0.4 is 5.32 Å². The second-order valence-corrected chi connectivity index (χ2v) is 7.64. The van der Waals surface area contributed by atoms with Crippen LogP contribution in [0.25, 0.3) is 0 Å². The number of amidine groups is 1. The summed E-state index contributed by atoms with van der Waals surface area (Å²) in [5, 5.41) is 4.68. The summed E-state index contributed by atoms with van der Waals surface area (Å²) in [6, 6.07) is 0.404. The Morgan fingerprint density at radius 2 is 2.13 bits per heavy atom. The molecule has 0 aromatic rings. The van der Waals surface area contributed by atoms with Crippen LogP contribution in [0.1, 0.15) is 39.5 Å².